The highest BCUT2D eigenvalue weighted by Gasteiger charge is 2.11. The van der Waals surface area contributed by atoms with Crippen molar-refractivity contribution in [3.8, 4) is 0 Å². The lowest BCUT2D eigenvalue weighted by atomic mass is 10.1. The first-order chi connectivity index (χ1) is 12.5. The van der Waals surface area contributed by atoms with Gasteiger partial charge in [-0.2, -0.15) is 0 Å². The predicted molar refractivity (Wildman–Crippen MR) is 93.5 cm³/mol. The van der Waals surface area contributed by atoms with Gasteiger partial charge in [-0.25, -0.2) is 9.18 Å². The van der Waals surface area contributed by atoms with Gasteiger partial charge in [-0.05, 0) is 36.8 Å². The van der Waals surface area contributed by atoms with E-state index < -0.39 is 17.7 Å². The van der Waals surface area contributed by atoms with E-state index >= 15 is 0 Å². The molecule has 0 bridgehead atoms. The van der Waals surface area contributed by atoms with Crippen molar-refractivity contribution >= 4 is 17.8 Å². The molecule has 2 aromatic rings. The Morgan fingerprint density at radius 1 is 0.923 bits per heavy atom. The Morgan fingerprint density at radius 3 is 2.27 bits per heavy atom. The zero-order chi connectivity index (χ0) is 18.9. The molecular weight excluding hydrogens is 339 g/mol. The second kappa shape index (κ2) is 9.31. The predicted octanol–water partition coefficient (Wildman–Crippen LogP) is 2.16. The number of amides is 2. The molecule has 0 saturated carbocycles. The molecular formula is C19H19FN2O4. The van der Waals surface area contributed by atoms with Crippen molar-refractivity contribution in [3.63, 3.8) is 0 Å². The fourth-order valence-corrected chi connectivity index (χ4v) is 2.24. The summed E-state index contributed by atoms with van der Waals surface area (Å²) in [5.41, 5.74) is 0.608. The summed E-state index contributed by atoms with van der Waals surface area (Å²) in [4.78, 5) is 35.4. The molecule has 0 spiro atoms. The number of halogens is 1. The van der Waals surface area contributed by atoms with Crippen molar-refractivity contribution in [3.05, 3.63) is 71.0 Å². The molecule has 0 aliphatic rings. The SMILES string of the molecule is COC(=O)c1cccc(C(=O)NCCCNC(=O)c2ccccc2F)c1. The molecule has 0 aliphatic heterocycles. The number of ether oxygens (including phenoxy) is 1. The van der Waals surface area contributed by atoms with Gasteiger partial charge in [-0.1, -0.05) is 18.2 Å². The molecule has 136 valence electrons. The van der Waals surface area contributed by atoms with E-state index in [9.17, 15) is 18.8 Å². The van der Waals surface area contributed by atoms with Crippen LogP contribution in [0.25, 0.3) is 0 Å². The topological polar surface area (TPSA) is 84.5 Å². The number of esters is 1. The lowest BCUT2D eigenvalue weighted by Gasteiger charge is -2.08. The summed E-state index contributed by atoms with van der Waals surface area (Å²) in [5.74, 6) is -1.93. The molecule has 0 fully saturated rings. The molecule has 26 heavy (non-hydrogen) atoms. The zero-order valence-electron chi connectivity index (χ0n) is 14.3. The van der Waals surface area contributed by atoms with E-state index in [1.165, 1.54) is 31.4 Å². The van der Waals surface area contributed by atoms with Crippen LogP contribution in [-0.4, -0.2) is 38.0 Å². The van der Waals surface area contributed by atoms with E-state index in [1.807, 2.05) is 0 Å². The van der Waals surface area contributed by atoms with Crippen LogP contribution in [0.5, 0.6) is 0 Å². The number of nitrogens with one attached hydrogen (secondary N) is 2. The average molecular weight is 358 g/mol. The third kappa shape index (κ3) is 5.14. The van der Waals surface area contributed by atoms with Gasteiger partial charge < -0.3 is 15.4 Å². The third-order valence-corrected chi connectivity index (χ3v) is 3.59. The van der Waals surface area contributed by atoms with E-state index in [0.29, 0.717) is 18.5 Å². The highest BCUT2D eigenvalue weighted by Crippen LogP contribution is 2.07. The molecule has 2 rings (SSSR count). The maximum atomic E-state index is 13.5. The molecule has 0 saturated heterocycles. The second-order valence-corrected chi connectivity index (χ2v) is 5.42. The molecule has 0 atom stereocenters. The lowest BCUT2D eigenvalue weighted by molar-refractivity contribution is 0.0600. The molecule has 6 nitrogen and oxygen atoms in total. The summed E-state index contributed by atoms with van der Waals surface area (Å²) < 4.78 is 18.1. The van der Waals surface area contributed by atoms with Crippen molar-refractivity contribution in [2.24, 2.45) is 0 Å². The van der Waals surface area contributed by atoms with Crippen molar-refractivity contribution in [1.82, 2.24) is 10.6 Å². The van der Waals surface area contributed by atoms with E-state index in [-0.39, 0.29) is 23.6 Å². The van der Waals surface area contributed by atoms with Gasteiger partial charge in [0.1, 0.15) is 5.82 Å². The lowest BCUT2D eigenvalue weighted by Crippen LogP contribution is -2.30. The molecule has 2 amide bonds. The first-order valence-corrected chi connectivity index (χ1v) is 8.02. The van der Waals surface area contributed by atoms with Gasteiger partial charge in [0.25, 0.3) is 11.8 Å². The Bertz CT molecular complexity index is 808. The minimum atomic E-state index is -0.580. The van der Waals surface area contributed by atoms with Crippen molar-refractivity contribution in [2.45, 2.75) is 6.42 Å². The highest BCUT2D eigenvalue weighted by atomic mass is 19.1. The number of methoxy groups -OCH3 is 1. The van der Waals surface area contributed by atoms with Gasteiger partial charge >= 0.3 is 5.97 Å². The standard InChI is InChI=1S/C19H19FN2O4/c1-26-19(25)14-7-4-6-13(12-14)17(23)21-10-5-11-22-18(24)15-8-2-3-9-16(15)20/h2-4,6-9,12H,5,10-11H2,1H3,(H,21,23)(H,22,24). The largest absolute Gasteiger partial charge is 0.465 e. The van der Waals surface area contributed by atoms with Crippen LogP contribution in [0.2, 0.25) is 0 Å². The number of carbonyl (C=O) groups is 3. The van der Waals surface area contributed by atoms with Gasteiger partial charge in [0, 0.05) is 18.7 Å². The molecule has 0 heterocycles. The molecule has 0 radical (unpaired) electrons. The molecule has 0 aromatic heterocycles. The van der Waals surface area contributed by atoms with E-state index in [1.54, 1.807) is 24.3 Å². The smallest absolute Gasteiger partial charge is 0.337 e. The van der Waals surface area contributed by atoms with E-state index in [4.69, 9.17) is 0 Å². The van der Waals surface area contributed by atoms with Gasteiger partial charge in [0.05, 0.1) is 18.2 Å². The van der Waals surface area contributed by atoms with Crippen LogP contribution in [0, 0.1) is 5.82 Å². The maximum absolute atomic E-state index is 13.5. The van der Waals surface area contributed by atoms with Gasteiger partial charge in [0.2, 0.25) is 0 Å². The van der Waals surface area contributed by atoms with Crippen LogP contribution < -0.4 is 10.6 Å². The van der Waals surface area contributed by atoms with Crippen molar-refractivity contribution < 1.29 is 23.5 Å². The van der Waals surface area contributed by atoms with Crippen LogP contribution in [0.3, 0.4) is 0 Å². The Labute approximate surface area is 150 Å². The summed E-state index contributed by atoms with van der Waals surface area (Å²) in [5, 5.41) is 5.29. The number of hydrogen-bond acceptors (Lipinski definition) is 4. The second-order valence-electron chi connectivity index (χ2n) is 5.42. The Balaban J connectivity index is 1.76. The summed E-state index contributed by atoms with van der Waals surface area (Å²) >= 11 is 0. The Hall–Kier alpha value is -3.22. The summed E-state index contributed by atoms with van der Waals surface area (Å²) in [6, 6.07) is 11.9. The monoisotopic (exact) mass is 358 g/mol. The normalized spacial score (nSPS) is 10.1. The molecule has 2 aromatic carbocycles. The highest BCUT2D eigenvalue weighted by molar-refractivity contribution is 5.98. The van der Waals surface area contributed by atoms with Crippen LogP contribution in [0.1, 0.15) is 37.5 Å². The van der Waals surface area contributed by atoms with E-state index in [2.05, 4.69) is 15.4 Å². The van der Waals surface area contributed by atoms with Crippen molar-refractivity contribution in [2.75, 3.05) is 20.2 Å². The summed E-state index contributed by atoms with van der Waals surface area (Å²) in [6.45, 7) is 0.606. The Morgan fingerprint density at radius 2 is 1.58 bits per heavy atom. The number of carbonyl (C=O) groups excluding carboxylic acids is 3. The minimum absolute atomic E-state index is 0.0174. The van der Waals surface area contributed by atoms with Crippen molar-refractivity contribution in [1.29, 1.82) is 0 Å². The molecule has 2 N–H and O–H groups in total. The van der Waals surface area contributed by atoms with Crippen LogP contribution in [0.15, 0.2) is 48.5 Å². The first kappa shape index (κ1) is 19.1. The number of rotatable bonds is 7. The van der Waals surface area contributed by atoms with Crippen LogP contribution in [-0.2, 0) is 4.74 Å². The zero-order valence-corrected chi connectivity index (χ0v) is 14.3. The Kier molecular flexibility index (Phi) is 6.84. The molecule has 7 heteroatoms. The molecule has 0 aliphatic carbocycles. The average Bonchev–Trinajstić information content (AvgIpc) is 2.67. The van der Waals surface area contributed by atoms with E-state index in [0.717, 1.165) is 0 Å². The fourth-order valence-electron chi connectivity index (χ4n) is 2.24. The number of hydrogen-bond donors (Lipinski definition) is 2. The third-order valence-electron chi connectivity index (χ3n) is 3.59. The van der Waals surface area contributed by atoms with Gasteiger partial charge in [-0.3, -0.25) is 9.59 Å². The van der Waals surface area contributed by atoms with Gasteiger partial charge in [-0.15, -0.1) is 0 Å². The minimum Gasteiger partial charge on any atom is -0.465 e. The fraction of sp³-hybridized carbons (Fsp3) is 0.211. The van der Waals surface area contributed by atoms with Crippen LogP contribution in [0.4, 0.5) is 4.39 Å². The number of benzene rings is 2. The first-order valence-electron chi connectivity index (χ1n) is 8.02. The molecule has 0 unspecified atom stereocenters. The van der Waals surface area contributed by atoms with Crippen LogP contribution >= 0.6 is 0 Å². The summed E-state index contributed by atoms with van der Waals surface area (Å²) in [7, 11) is 1.27. The quantitative estimate of drug-likeness (QED) is 0.587. The maximum Gasteiger partial charge on any atom is 0.337 e. The van der Waals surface area contributed by atoms with Gasteiger partial charge in [0.15, 0.2) is 0 Å². The summed E-state index contributed by atoms with van der Waals surface area (Å²) in [6.07, 6.45) is 0.475.